The number of halogens is 1. The Kier molecular flexibility index (Phi) is 6.43. The lowest BCUT2D eigenvalue weighted by Crippen LogP contribution is -2.52. The van der Waals surface area contributed by atoms with Crippen molar-refractivity contribution in [2.75, 3.05) is 6.54 Å². The number of hydrogen-bond donors (Lipinski definition) is 0. The zero-order chi connectivity index (χ0) is 24.6. The first-order chi connectivity index (χ1) is 16.2. The van der Waals surface area contributed by atoms with E-state index in [-0.39, 0.29) is 17.0 Å². The lowest BCUT2D eigenvalue weighted by atomic mass is 9.78. The van der Waals surface area contributed by atoms with Gasteiger partial charge >= 0.3 is 0 Å². The van der Waals surface area contributed by atoms with Crippen molar-refractivity contribution in [1.82, 2.24) is 10.0 Å². The lowest BCUT2D eigenvalue weighted by Gasteiger charge is -2.30. The second-order valence-corrected chi connectivity index (χ2v) is 9.13. The molecule has 34 heavy (non-hydrogen) atoms. The number of hydrazine groups is 1. The number of hydrogen-bond acceptors (Lipinski definition) is 6. The second-order valence-electron chi connectivity index (χ2n) is 8.21. The molecule has 0 radical (unpaired) electrons. The number of carbonyl (C=O) groups is 4. The van der Waals surface area contributed by atoms with Crippen LogP contribution in [-0.2, 0) is 9.59 Å². The summed E-state index contributed by atoms with van der Waals surface area (Å²) in [6, 6.07) is 11.6. The number of Topliss-reactive ketones (excluding diaryl/α,β-unsaturated/α-hetero) is 1. The van der Waals surface area contributed by atoms with E-state index in [2.05, 4.69) is 15.9 Å². The Bertz CT molecular complexity index is 1230. The zero-order valence-corrected chi connectivity index (χ0v) is 19.7. The molecule has 3 amide bonds. The van der Waals surface area contributed by atoms with Gasteiger partial charge in [-0.15, -0.1) is 0 Å². The maximum atomic E-state index is 13.6. The van der Waals surface area contributed by atoms with Crippen LogP contribution < -0.4 is 0 Å². The van der Waals surface area contributed by atoms with E-state index >= 15 is 0 Å². The van der Waals surface area contributed by atoms with Gasteiger partial charge in [0.25, 0.3) is 23.4 Å². The van der Waals surface area contributed by atoms with Crippen LogP contribution in [0.1, 0.15) is 34.1 Å². The molecule has 2 aromatic carbocycles. The Labute approximate surface area is 203 Å². The smallest absolute Gasteiger partial charge is 0.282 e. The minimum absolute atomic E-state index is 0.231. The fourth-order valence-corrected chi connectivity index (χ4v) is 4.68. The van der Waals surface area contributed by atoms with Gasteiger partial charge in [-0.25, -0.2) is 5.01 Å². The molecule has 1 saturated heterocycles. The van der Waals surface area contributed by atoms with Crippen LogP contribution in [0.5, 0.6) is 0 Å². The minimum atomic E-state index is -0.973. The van der Waals surface area contributed by atoms with Crippen LogP contribution in [0.2, 0.25) is 0 Å². The SMILES string of the molecule is C[C@@H]1C=CC[C@@H]2C(=O)N(N(CC(=O)c3ccc(Br)cc3)C(=O)c3ccccc3[N+](=O)[O-])C(=O)[C@@H]12. The standard InChI is InChI=1S/C24H20BrN3O6/c1-14-5-4-7-18-21(14)24(32)27(23(18)31)26(13-20(29)15-9-11-16(25)12-10-15)22(30)17-6-2-3-8-19(17)28(33)34/h2-6,8-12,14,18,21H,7,13H2,1H3/t14-,18+,21+/m1/s1. The van der Waals surface area contributed by atoms with Gasteiger partial charge in [0.1, 0.15) is 12.1 Å². The van der Waals surface area contributed by atoms with E-state index in [0.29, 0.717) is 11.4 Å². The molecule has 4 rings (SSSR count). The first kappa shape index (κ1) is 23.5. The maximum Gasteiger partial charge on any atom is 0.282 e. The number of carbonyl (C=O) groups excluding carboxylic acids is 4. The van der Waals surface area contributed by atoms with Gasteiger partial charge in [-0.1, -0.05) is 59.3 Å². The van der Waals surface area contributed by atoms with Crippen molar-refractivity contribution >= 4 is 45.1 Å². The number of imide groups is 1. The predicted molar refractivity (Wildman–Crippen MR) is 124 cm³/mol. The molecule has 0 bridgehead atoms. The number of para-hydroxylation sites is 1. The summed E-state index contributed by atoms with van der Waals surface area (Å²) >= 11 is 3.29. The van der Waals surface area contributed by atoms with Crippen molar-refractivity contribution in [3.63, 3.8) is 0 Å². The third kappa shape index (κ3) is 4.16. The van der Waals surface area contributed by atoms with Crippen LogP contribution in [0.15, 0.2) is 65.2 Å². The number of amides is 3. The fourth-order valence-electron chi connectivity index (χ4n) is 4.42. The van der Waals surface area contributed by atoms with E-state index in [1.165, 1.54) is 18.2 Å². The Morgan fingerprint density at radius 3 is 2.44 bits per heavy atom. The fraction of sp³-hybridized carbons (Fsp3) is 0.250. The molecule has 9 nitrogen and oxygen atoms in total. The van der Waals surface area contributed by atoms with Crippen LogP contribution >= 0.6 is 15.9 Å². The normalized spacial score (nSPS) is 21.4. The van der Waals surface area contributed by atoms with Gasteiger partial charge in [0, 0.05) is 16.1 Å². The highest BCUT2D eigenvalue weighted by atomic mass is 79.9. The molecule has 1 aliphatic carbocycles. The van der Waals surface area contributed by atoms with Gasteiger partial charge in [-0.3, -0.25) is 29.3 Å². The Morgan fingerprint density at radius 2 is 1.79 bits per heavy atom. The molecule has 1 fully saturated rings. The van der Waals surface area contributed by atoms with Crippen molar-refractivity contribution in [2.24, 2.45) is 17.8 Å². The topological polar surface area (TPSA) is 118 Å². The van der Waals surface area contributed by atoms with E-state index in [4.69, 9.17) is 0 Å². The highest BCUT2D eigenvalue weighted by Gasteiger charge is 2.53. The number of nitro benzene ring substituents is 1. The largest absolute Gasteiger partial charge is 0.292 e. The summed E-state index contributed by atoms with van der Waals surface area (Å²) in [5.74, 6) is -4.24. The van der Waals surface area contributed by atoms with Gasteiger partial charge in [0.05, 0.1) is 16.8 Å². The number of nitrogens with zero attached hydrogens (tertiary/aromatic N) is 3. The number of benzene rings is 2. The van der Waals surface area contributed by atoms with Gasteiger partial charge in [-0.05, 0) is 30.5 Å². The summed E-state index contributed by atoms with van der Waals surface area (Å²) in [5.41, 5.74) is -0.548. The van der Waals surface area contributed by atoms with Gasteiger partial charge in [-0.2, -0.15) is 5.01 Å². The predicted octanol–water partition coefficient (Wildman–Crippen LogP) is 3.79. The van der Waals surface area contributed by atoms with Gasteiger partial charge in [0.2, 0.25) is 0 Å². The van der Waals surface area contributed by atoms with Gasteiger partial charge < -0.3 is 0 Å². The number of nitro groups is 1. The molecule has 1 aliphatic heterocycles. The lowest BCUT2D eigenvalue weighted by molar-refractivity contribution is -0.385. The van der Waals surface area contributed by atoms with Crippen LogP contribution in [0.4, 0.5) is 5.69 Å². The van der Waals surface area contributed by atoms with E-state index in [1.54, 1.807) is 24.3 Å². The summed E-state index contributed by atoms with van der Waals surface area (Å²) < 4.78 is 0.743. The van der Waals surface area contributed by atoms with E-state index in [0.717, 1.165) is 15.5 Å². The third-order valence-electron chi connectivity index (χ3n) is 6.12. The van der Waals surface area contributed by atoms with Crippen LogP contribution in [-0.4, -0.2) is 45.0 Å². The summed E-state index contributed by atoms with van der Waals surface area (Å²) in [6.45, 7) is 1.18. The van der Waals surface area contributed by atoms with E-state index in [9.17, 15) is 29.3 Å². The first-order valence-corrected chi connectivity index (χ1v) is 11.4. The molecule has 1 heterocycles. The number of allylic oxidation sites excluding steroid dienone is 2. The molecule has 10 heteroatoms. The molecule has 0 saturated carbocycles. The molecule has 0 N–H and O–H groups in total. The number of fused-ring (bicyclic) bond motifs is 1. The monoisotopic (exact) mass is 525 g/mol. The van der Waals surface area contributed by atoms with Crippen molar-refractivity contribution in [3.05, 3.63) is 86.4 Å². The average molecular weight is 526 g/mol. The maximum absolute atomic E-state index is 13.6. The molecule has 174 valence electrons. The Balaban J connectivity index is 1.76. The first-order valence-electron chi connectivity index (χ1n) is 10.6. The minimum Gasteiger partial charge on any atom is -0.292 e. The van der Waals surface area contributed by atoms with E-state index < -0.39 is 52.5 Å². The number of ketones is 1. The molecular weight excluding hydrogens is 506 g/mol. The highest BCUT2D eigenvalue weighted by molar-refractivity contribution is 9.10. The van der Waals surface area contributed by atoms with Crippen LogP contribution in [0.25, 0.3) is 0 Å². The van der Waals surface area contributed by atoms with Crippen molar-refractivity contribution in [1.29, 1.82) is 0 Å². The van der Waals surface area contributed by atoms with Crippen molar-refractivity contribution < 1.29 is 24.1 Å². The average Bonchev–Trinajstić information content (AvgIpc) is 3.08. The third-order valence-corrected chi connectivity index (χ3v) is 6.64. The summed E-state index contributed by atoms with van der Waals surface area (Å²) in [5, 5.41) is 13.0. The van der Waals surface area contributed by atoms with Crippen molar-refractivity contribution in [2.45, 2.75) is 13.3 Å². The molecule has 3 atom stereocenters. The Hall–Kier alpha value is -3.66. The second kappa shape index (κ2) is 9.30. The van der Waals surface area contributed by atoms with Gasteiger partial charge in [0.15, 0.2) is 5.78 Å². The van der Waals surface area contributed by atoms with Crippen molar-refractivity contribution in [3.8, 4) is 0 Å². The quantitative estimate of drug-likeness (QED) is 0.186. The molecule has 0 unspecified atom stereocenters. The van der Waals surface area contributed by atoms with Crippen LogP contribution in [0.3, 0.4) is 0 Å². The zero-order valence-electron chi connectivity index (χ0n) is 18.1. The van der Waals surface area contributed by atoms with E-state index in [1.807, 2.05) is 19.1 Å². The molecule has 2 aromatic rings. The summed E-state index contributed by atoms with van der Waals surface area (Å²) in [7, 11) is 0. The summed E-state index contributed by atoms with van der Waals surface area (Å²) in [4.78, 5) is 64.1. The highest BCUT2D eigenvalue weighted by Crippen LogP contribution is 2.39. The Morgan fingerprint density at radius 1 is 1.12 bits per heavy atom. The molecular formula is C24H20BrN3O6. The molecule has 0 aromatic heterocycles. The van der Waals surface area contributed by atoms with Crippen LogP contribution in [0, 0.1) is 27.9 Å². The summed E-state index contributed by atoms with van der Waals surface area (Å²) in [6.07, 6.45) is 4.00. The molecule has 2 aliphatic rings. The molecule has 0 spiro atoms. The number of rotatable bonds is 6.